The molecule has 1 aromatic heterocycles. The van der Waals surface area contributed by atoms with Crippen molar-refractivity contribution in [2.75, 3.05) is 0 Å². The molecule has 0 radical (unpaired) electrons. The second-order valence-electron chi connectivity index (χ2n) is 2.93. The van der Waals surface area contributed by atoms with Gasteiger partial charge in [-0.25, -0.2) is 13.6 Å². The monoisotopic (exact) mass is 273 g/mol. The van der Waals surface area contributed by atoms with E-state index in [1.165, 1.54) is 0 Å². The summed E-state index contributed by atoms with van der Waals surface area (Å²) in [7, 11) is 0. The first-order valence-electron chi connectivity index (χ1n) is 4.16. The van der Waals surface area contributed by atoms with Crippen molar-refractivity contribution in [2.24, 2.45) is 0 Å². The van der Waals surface area contributed by atoms with Gasteiger partial charge < -0.3 is 14.8 Å². The van der Waals surface area contributed by atoms with E-state index in [0.29, 0.717) is 6.20 Å². The molecular weight excluding hydrogens is 269 g/mol. The van der Waals surface area contributed by atoms with Crippen LogP contribution in [-0.2, 0) is 0 Å². The maximum absolute atomic E-state index is 12.3. The van der Waals surface area contributed by atoms with E-state index < -0.39 is 41.2 Å². The van der Waals surface area contributed by atoms with Gasteiger partial charge in [-0.2, -0.15) is 0 Å². The highest BCUT2D eigenvalue weighted by Gasteiger charge is 2.35. The Bertz CT molecular complexity index is 521. The Morgan fingerprint density at radius 1 is 1.39 bits per heavy atom. The second kappa shape index (κ2) is 4.63. The van der Waals surface area contributed by atoms with Crippen LogP contribution in [0.15, 0.2) is 11.0 Å². The third kappa shape index (κ3) is 2.96. The maximum atomic E-state index is 12.3. The number of pyridine rings is 1. The number of aromatic carboxylic acids is 1. The topological polar surface area (TPSA) is 79.4 Å². The van der Waals surface area contributed by atoms with Gasteiger partial charge in [0.15, 0.2) is 5.69 Å². The molecule has 2 N–H and O–H groups in total. The number of carboxylic acid groups (broad SMARTS) is 1. The first-order chi connectivity index (χ1) is 8.13. The molecule has 0 bridgehead atoms. The zero-order chi connectivity index (χ0) is 14.1. The van der Waals surface area contributed by atoms with E-state index in [1.807, 2.05) is 0 Å². The number of carbonyl (C=O) groups is 1. The lowest BCUT2D eigenvalue weighted by Gasteiger charge is -2.11. The molecule has 1 aromatic rings. The first-order valence-corrected chi connectivity index (χ1v) is 4.16. The van der Waals surface area contributed by atoms with Crippen LogP contribution in [0.5, 0.6) is 5.75 Å². The van der Waals surface area contributed by atoms with Crippen LogP contribution in [0.4, 0.5) is 22.0 Å². The number of aromatic nitrogens is 1. The molecule has 5 nitrogen and oxygen atoms in total. The molecule has 18 heavy (non-hydrogen) atoms. The lowest BCUT2D eigenvalue weighted by atomic mass is 10.2. The van der Waals surface area contributed by atoms with Crippen LogP contribution in [0.2, 0.25) is 0 Å². The van der Waals surface area contributed by atoms with Crippen molar-refractivity contribution in [2.45, 2.75) is 12.8 Å². The number of aromatic amines is 1. The quantitative estimate of drug-likeness (QED) is 0.824. The fourth-order valence-corrected chi connectivity index (χ4v) is 1.06. The number of nitrogens with one attached hydrogen (secondary N) is 1. The molecule has 0 atom stereocenters. The summed E-state index contributed by atoms with van der Waals surface area (Å²) in [6.07, 6.45) is -8.43. The molecule has 0 spiro atoms. The maximum Gasteiger partial charge on any atom is 0.573 e. The largest absolute Gasteiger partial charge is 0.573 e. The van der Waals surface area contributed by atoms with Crippen LogP contribution in [0, 0.1) is 0 Å². The van der Waals surface area contributed by atoms with Gasteiger partial charge in [0.1, 0.15) is 0 Å². The van der Waals surface area contributed by atoms with E-state index in [0.717, 1.165) is 0 Å². The summed E-state index contributed by atoms with van der Waals surface area (Å²) >= 11 is 0. The number of carboxylic acids is 1. The summed E-state index contributed by atoms with van der Waals surface area (Å²) < 4.78 is 63.5. The second-order valence-corrected chi connectivity index (χ2v) is 2.93. The standard InChI is InChI=1S/C8H4F5NO4/c9-6(10)2-1-14-3(7(16)17)5(4(2)15)18-8(11,12)13/h1,6H,(H,14,15)(H,16,17). The zero-order valence-corrected chi connectivity index (χ0v) is 8.22. The molecule has 0 saturated carbocycles. The van der Waals surface area contributed by atoms with Gasteiger partial charge in [-0.05, 0) is 0 Å². The molecule has 1 heterocycles. The van der Waals surface area contributed by atoms with E-state index in [1.54, 1.807) is 4.98 Å². The first kappa shape index (κ1) is 13.9. The predicted octanol–water partition coefficient (Wildman–Crippen LogP) is 1.91. The lowest BCUT2D eigenvalue weighted by molar-refractivity contribution is -0.275. The molecule has 0 aromatic carbocycles. The highest BCUT2D eigenvalue weighted by atomic mass is 19.4. The van der Waals surface area contributed by atoms with Crippen LogP contribution < -0.4 is 10.2 Å². The third-order valence-corrected chi connectivity index (χ3v) is 1.73. The Balaban J connectivity index is 3.46. The summed E-state index contributed by atoms with van der Waals surface area (Å²) in [5.74, 6) is -3.68. The fraction of sp³-hybridized carbons (Fsp3) is 0.250. The van der Waals surface area contributed by atoms with Crippen molar-refractivity contribution in [1.82, 2.24) is 4.98 Å². The Morgan fingerprint density at radius 3 is 2.33 bits per heavy atom. The van der Waals surface area contributed by atoms with Gasteiger partial charge in [-0.1, -0.05) is 0 Å². The molecule has 0 aliphatic rings. The Labute approximate surface area is 94.8 Å². The van der Waals surface area contributed by atoms with E-state index in [2.05, 4.69) is 4.74 Å². The lowest BCUT2D eigenvalue weighted by Crippen LogP contribution is -2.26. The number of ether oxygens (including phenoxy) is 1. The van der Waals surface area contributed by atoms with Gasteiger partial charge in [0.05, 0.1) is 5.56 Å². The van der Waals surface area contributed by atoms with E-state index in [-0.39, 0.29) is 0 Å². The number of H-pyrrole nitrogens is 1. The summed E-state index contributed by atoms with van der Waals surface area (Å²) in [6.45, 7) is 0. The Kier molecular flexibility index (Phi) is 3.58. The van der Waals surface area contributed by atoms with Crippen LogP contribution in [0.3, 0.4) is 0 Å². The molecule has 0 unspecified atom stereocenters. The molecule has 0 amide bonds. The van der Waals surface area contributed by atoms with Crippen LogP contribution >= 0.6 is 0 Å². The van der Waals surface area contributed by atoms with Crippen LogP contribution in [-0.4, -0.2) is 22.4 Å². The van der Waals surface area contributed by atoms with E-state index in [4.69, 9.17) is 5.11 Å². The van der Waals surface area contributed by atoms with E-state index >= 15 is 0 Å². The van der Waals surface area contributed by atoms with Crippen LogP contribution in [0.1, 0.15) is 22.5 Å². The summed E-state index contributed by atoms with van der Waals surface area (Å²) in [6, 6.07) is 0. The minimum absolute atomic E-state index is 0.319. The van der Waals surface area contributed by atoms with Crippen molar-refractivity contribution in [1.29, 1.82) is 0 Å². The van der Waals surface area contributed by atoms with E-state index in [9.17, 15) is 31.5 Å². The SMILES string of the molecule is O=C(O)c1[nH]cc(C(F)F)c(=O)c1OC(F)(F)F. The van der Waals surface area contributed by atoms with Crippen molar-refractivity contribution in [3.63, 3.8) is 0 Å². The fourth-order valence-electron chi connectivity index (χ4n) is 1.06. The molecule has 0 fully saturated rings. The average Bonchev–Trinajstić information content (AvgIpc) is 2.17. The molecule has 0 saturated heterocycles. The minimum atomic E-state index is -5.38. The Morgan fingerprint density at radius 2 is 1.94 bits per heavy atom. The minimum Gasteiger partial charge on any atom is -0.476 e. The number of hydrogen-bond acceptors (Lipinski definition) is 3. The predicted molar refractivity (Wildman–Crippen MR) is 45.7 cm³/mol. The molecule has 0 aliphatic heterocycles. The third-order valence-electron chi connectivity index (χ3n) is 1.73. The van der Waals surface area contributed by atoms with Gasteiger partial charge >= 0.3 is 12.3 Å². The number of hydrogen-bond donors (Lipinski definition) is 2. The smallest absolute Gasteiger partial charge is 0.476 e. The van der Waals surface area contributed by atoms with Crippen molar-refractivity contribution < 1.29 is 36.6 Å². The zero-order valence-electron chi connectivity index (χ0n) is 8.22. The van der Waals surface area contributed by atoms with Crippen LogP contribution in [0.25, 0.3) is 0 Å². The Hall–Kier alpha value is -2.13. The number of halogens is 5. The molecular formula is C8H4F5NO4. The van der Waals surface area contributed by atoms with Gasteiger partial charge in [-0.3, -0.25) is 4.79 Å². The molecule has 10 heteroatoms. The molecule has 0 aliphatic carbocycles. The molecule has 1 rings (SSSR count). The average molecular weight is 273 g/mol. The normalized spacial score (nSPS) is 11.7. The highest BCUT2D eigenvalue weighted by molar-refractivity contribution is 5.88. The summed E-state index contributed by atoms with van der Waals surface area (Å²) in [5, 5.41) is 8.51. The summed E-state index contributed by atoms with van der Waals surface area (Å²) in [5.41, 5.74) is -4.42. The van der Waals surface area contributed by atoms with Gasteiger partial charge in [0.2, 0.25) is 11.2 Å². The molecule has 100 valence electrons. The summed E-state index contributed by atoms with van der Waals surface area (Å²) in [4.78, 5) is 23.4. The van der Waals surface area contributed by atoms with Gasteiger partial charge in [-0.15, -0.1) is 13.2 Å². The van der Waals surface area contributed by atoms with Crippen molar-refractivity contribution in [3.05, 3.63) is 27.7 Å². The number of alkyl halides is 5. The highest BCUT2D eigenvalue weighted by Crippen LogP contribution is 2.24. The van der Waals surface area contributed by atoms with Gasteiger partial charge in [0, 0.05) is 6.20 Å². The van der Waals surface area contributed by atoms with Crippen molar-refractivity contribution >= 4 is 5.97 Å². The number of rotatable bonds is 3. The van der Waals surface area contributed by atoms with Crippen molar-refractivity contribution in [3.8, 4) is 5.75 Å². The van der Waals surface area contributed by atoms with Gasteiger partial charge in [0.25, 0.3) is 6.43 Å².